The van der Waals surface area contributed by atoms with Crippen LogP contribution in [0.4, 0.5) is 4.39 Å². The quantitative estimate of drug-likeness (QED) is 0.838. The van der Waals surface area contributed by atoms with Gasteiger partial charge in [-0.05, 0) is 30.4 Å². The third-order valence-corrected chi connectivity index (χ3v) is 5.46. The first-order valence-corrected chi connectivity index (χ1v) is 9.25. The second kappa shape index (κ2) is 7.78. The molecule has 1 aromatic carbocycles. The molecule has 0 N–H and O–H groups in total. The number of benzene rings is 1. The van der Waals surface area contributed by atoms with Crippen LogP contribution in [0, 0.1) is 11.7 Å². The Morgan fingerprint density at radius 2 is 1.92 bits per heavy atom. The topological polar surface area (TPSA) is 40.6 Å². The number of thiophene rings is 1. The van der Waals surface area contributed by atoms with Crippen molar-refractivity contribution in [2.45, 2.75) is 19.4 Å². The van der Waals surface area contributed by atoms with Crippen molar-refractivity contribution in [1.82, 2.24) is 9.80 Å². The van der Waals surface area contributed by atoms with Gasteiger partial charge >= 0.3 is 0 Å². The fraction of sp³-hybridized carbons (Fsp3) is 0.368. The van der Waals surface area contributed by atoms with Crippen molar-refractivity contribution >= 4 is 23.2 Å². The molecule has 1 fully saturated rings. The Bertz CT molecular complexity index is 740. The number of amides is 2. The number of hydrogen-bond acceptors (Lipinski definition) is 3. The van der Waals surface area contributed by atoms with Gasteiger partial charge in [-0.1, -0.05) is 24.3 Å². The van der Waals surface area contributed by atoms with E-state index in [-0.39, 0.29) is 30.1 Å². The minimum atomic E-state index is -0.293. The zero-order chi connectivity index (χ0) is 17.8. The maximum absolute atomic E-state index is 13.7. The molecule has 6 heteroatoms. The van der Waals surface area contributed by atoms with Crippen LogP contribution in [0.15, 0.2) is 41.8 Å². The van der Waals surface area contributed by atoms with Crippen molar-refractivity contribution in [2.75, 3.05) is 20.1 Å². The first-order chi connectivity index (χ1) is 12.1. The molecular formula is C19H21FN2O2S. The predicted molar refractivity (Wildman–Crippen MR) is 95.8 cm³/mol. The van der Waals surface area contributed by atoms with E-state index in [1.165, 1.54) is 17.4 Å². The Hall–Kier alpha value is -2.21. The molecule has 25 heavy (non-hydrogen) atoms. The highest BCUT2D eigenvalue weighted by molar-refractivity contribution is 7.12. The number of piperidine rings is 1. The summed E-state index contributed by atoms with van der Waals surface area (Å²) in [5, 5.41) is 1.89. The van der Waals surface area contributed by atoms with Crippen molar-refractivity contribution in [1.29, 1.82) is 0 Å². The molecule has 0 aliphatic carbocycles. The smallest absolute Gasteiger partial charge is 0.263 e. The van der Waals surface area contributed by atoms with Crippen molar-refractivity contribution < 1.29 is 14.0 Å². The molecule has 0 spiro atoms. The summed E-state index contributed by atoms with van der Waals surface area (Å²) in [6.45, 7) is 1.43. The number of carbonyl (C=O) groups is 2. The van der Waals surface area contributed by atoms with Gasteiger partial charge in [-0.15, -0.1) is 11.3 Å². The van der Waals surface area contributed by atoms with Crippen LogP contribution in [-0.2, 0) is 11.3 Å². The first-order valence-electron chi connectivity index (χ1n) is 8.37. The van der Waals surface area contributed by atoms with E-state index in [2.05, 4.69) is 0 Å². The van der Waals surface area contributed by atoms with E-state index in [1.807, 2.05) is 22.4 Å². The second-order valence-corrected chi connectivity index (χ2v) is 7.28. The van der Waals surface area contributed by atoms with Crippen LogP contribution in [0.1, 0.15) is 28.1 Å². The van der Waals surface area contributed by atoms with Crippen LogP contribution in [-0.4, -0.2) is 41.8 Å². The molecule has 0 saturated carbocycles. The van der Waals surface area contributed by atoms with E-state index in [9.17, 15) is 14.0 Å². The summed E-state index contributed by atoms with van der Waals surface area (Å²) in [4.78, 5) is 29.1. The van der Waals surface area contributed by atoms with Gasteiger partial charge in [0, 0.05) is 38.2 Å². The molecule has 1 aliphatic rings. The molecule has 4 nitrogen and oxygen atoms in total. The van der Waals surface area contributed by atoms with Crippen LogP contribution >= 0.6 is 11.3 Å². The molecule has 1 aliphatic heterocycles. The van der Waals surface area contributed by atoms with E-state index in [0.29, 0.717) is 31.5 Å². The number of rotatable bonds is 4. The van der Waals surface area contributed by atoms with Crippen LogP contribution in [0.5, 0.6) is 0 Å². The highest BCUT2D eigenvalue weighted by atomic mass is 32.1. The lowest BCUT2D eigenvalue weighted by Gasteiger charge is -2.33. The number of halogens is 1. The molecule has 1 saturated heterocycles. The average molecular weight is 360 g/mol. The highest BCUT2D eigenvalue weighted by Crippen LogP contribution is 2.23. The van der Waals surface area contributed by atoms with E-state index < -0.39 is 0 Å². The summed E-state index contributed by atoms with van der Waals surface area (Å²) >= 11 is 1.44. The molecule has 3 rings (SSSR count). The fourth-order valence-corrected chi connectivity index (χ4v) is 3.85. The highest BCUT2D eigenvalue weighted by Gasteiger charge is 2.29. The average Bonchev–Trinajstić information content (AvgIpc) is 3.17. The SMILES string of the molecule is CN(Cc1ccccc1F)C(=O)C1CCN(C(=O)c2cccs2)CC1. The minimum absolute atomic E-state index is 0.0199. The third-order valence-electron chi connectivity index (χ3n) is 4.60. The Balaban J connectivity index is 1.54. The lowest BCUT2D eigenvalue weighted by atomic mass is 9.95. The monoisotopic (exact) mass is 360 g/mol. The summed E-state index contributed by atoms with van der Waals surface area (Å²) in [6, 6.07) is 10.2. The molecule has 2 amide bonds. The molecule has 0 unspecified atom stereocenters. The van der Waals surface area contributed by atoms with Gasteiger partial charge < -0.3 is 9.80 Å². The van der Waals surface area contributed by atoms with Crippen LogP contribution in [0.25, 0.3) is 0 Å². The lowest BCUT2D eigenvalue weighted by Crippen LogP contribution is -2.43. The molecule has 2 aromatic rings. The second-order valence-electron chi connectivity index (χ2n) is 6.33. The maximum Gasteiger partial charge on any atom is 0.263 e. The van der Waals surface area contributed by atoms with Gasteiger partial charge in [0.05, 0.1) is 4.88 Å². The summed E-state index contributed by atoms with van der Waals surface area (Å²) in [5.41, 5.74) is 0.517. The number of hydrogen-bond donors (Lipinski definition) is 0. The molecule has 0 radical (unpaired) electrons. The third kappa shape index (κ3) is 4.07. The Kier molecular flexibility index (Phi) is 5.48. The Labute approximate surface area is 150 Å². The van der Waals surface area contributed by atoms with Gasteiger partial charge in [0.15, 0.2) is 0 Å². The standard InChI is InChI=1S/C19H21FN2O2S/c1-21(13-15-5-2-3-6-16(15)20)18(23)14-8-10-22(11-9-14)19(24)17-7-4-12-25-17/h2-7,12,14H,8-11,13H2,1H3. The van der Waals surface area contributed by atoms with Crippen LogP contribution < -0.4 is 0 Å². The van der Waals surface area contributed by atoms with Crippen molar-refractivity contribution in [3.8, 4) is 0 Å². The van der Waals surface area contributed by atoms with Gasteiger partial charge in [-0.3, -0.25) is 9.59 Å². The number of likely N-dealkylation sites (tertiary alicyclic amines) is 1. The summed E-state index contributed by atoms with van der Waals surface area (Å²) in [7, 11) is 1.71. The molecule has 132 valence electrons. The largest absolute Gasteiger partial charge is 0.341 e. The van der Waals surface area contributed by atoms with Gasteiger partial charge in [0.1, 0.15) is 5.82 Å². The lowest BCUT2D eigenvalue weighted by molar-refractivity contribution is -0.136. The number of nitrogens with zero attached hydrogens (tertiary/aromatic N) is 2. The van der Waals surface area contributed by atoms with Crippen LogP contribution in [0.2, 0.25) is 0 Å². The number of carbonyl (C=O) groups excluding carboxylic acids is 2. The van der Waals surface area contributed by atoms with Crippen LogP contribution in [0.3, 0.4) is 0 Å². The Morgan fingerprint density at radius 1 is 1.20 bits per heavy atom. The predicted octanol–water partition coefficient (Wildman–Crippen LogP) is 3.40. The van der Waals surface area contributed by atoms with Gasteiger partial charge in [0.2, 0.25) is 5.91 Å². The molecule has 0 atom stereocenters. The molecular weight excluding hydrogens is 339 g/mol. The molecule has 2 heterocycles. The summed E-state index contributed by atoms with van der Waals surface area (Å²) in [5.74, 6) is -0.338. The van der Waals surface area contributed by atoms with E-state index in [4.69, 9.17) is 0 Å². The normalized spacial score (nSPS) is 15.2. The summed E-state index contributed by atoms with van der Waals surface area (Å²) < 4.78 is 13.7. The van der Waals surface area contributed by atoms with E-state index >= 15 is 0 Å². The maximum atomic E-state index is 13.7. The molecule has 1 aromatic heterocycles. The van der Waals surface area contributed by atoms with Crippen molar-refractivity contribution in [3.05, 3.63) is 58.0 Å². The van der Waals surface area contributed by atoms with Gasteiger partial charge in [-0.2, -0.15) is 0 Å². The minimum Gasteiger partial charge on any atom is -0.341 e. The molecule has 0 bridgehead atoms. The van der Waals surface area contributed by atoms with Gasteiger partial charge in [-0.25, -0.2) is 4.39 Å². The van der Waals surface area contributed by atoms with E-state index in [0.717, 1.165) is 4.88 Å². The van der Waals surface area contributed by atoms with Crippen molar-refractivity contribution in [3.63, 3.8) is 0 Å². The zero-order valence-electron chi connectivity index (χ0n) is 14.2. The fourth-order valence-electron chi connectivity index (χ4n) is 3.16. The summed E-state index contributed by atoms with van der Waals surface area (Å²) in [6.07, 6.45) is 1.30. The Morgan fingerprint density at radius 3 is 2.56 bits per heavy atom. The van der Waals surface area contributed by atoms with Gasteiger partial charge in [0.25, 0.3) is 5.91 Å². The van der Waals surface area contributed by atoms with Crippen molar-refractivity contribution in [2.24, 2.45) is 5.92 Å². The first kappa shape index (κ1) is 17.6. The van der Waals surface area contributed by atoms with E-state index in [1.54, 1.807) is 30.1 Å². The zero-order valence-corrected chi connectivity index (χ0v) is 15.0.